The van der Waals surface area contributed by atoms with Crippen LogP contribution in [0, 0.1) is 0 Å². The normalized spacial score (nSPS) is 11.3. The molecule has 0 aromatic heterocycles. The summed E-state index contributed by atoms with van der Waals surface area (Å²) in [5.74, 6) is -10.4. The number of benzene rings is 10. The van der Waals surface area contributed by atoms with Crippen LogP contribution in [0.2, 0.25) is 0 Å². The molecule has 0 saturated heterocycles. The third-order valence-electron chi connectivity index (χ3n) is 14.7. The molecule has 108 heavy (non-hydrogen) atoms. The molecule has 10 aromatic carbocycles. The molecule has 0 amide bonds. The molecule has 0 spiro atoms. The summed E-state index contributed by atoms with van der Waals surface area (Å²) in [5.41, 5.74) is 2.77. The second-order valence-electron chi connectivity index (χ2n) is 23.0. The number of esters is 12. The number of rotatable bonds is 24. The molecule has 24 heteroatoms. The highest BCUT2D eigenvalue weighted by Crippen LogP contribution is 2.48. The fourth-order valence-electron chi connectivity index (χ4n) is 10.2. The van der Waals surface area contributed by atoms with Gasteiger partial charge in [0.2, 0.25) is 0 Å². The van der Waals surface area contributed by atoms with E-state index in [1.165, 1.54) is 187 Å². The highest BCUT2D eigenvalue weighted by Gasteiger charge is 2.25. The summed E-state index contributed by atoms with van der Waals surface area (Å²) in [5, 5.41) is 0.700. The lowest BCUT2D eigenvalue weighted by Crippen LogP contribution is -2.10. The smallest absolute Gasteiger partial charge is 0.336 e. The lowest BCUT2D eigenvalue weighted by molar-refractivity contribution is -0.132. The van der Waals surface area contributed by atoms with Crippen LogP contribution in [0.3, 0.4) is 0 Å². The predicted molar refractivity (Wildman–Crippen MR) is 393 cm³/mol. The standard InChI is InChI=1S/C84H60O24/c1-49(85)97-61-25-7-55(8-26-61)19-37-79(91)103-73-43-67-68(44-74(73)104-80(92)38-20-56-9-27-62(28-10-56)98-50(2)86)70-46-76(106-82(94)40-22-58-13-31-64(32-14-58)100-52(4)88)78(108-84(96)42-24-60-17-35-66(36-18-60)102-54(6)90)48-72(70)71-47-77(107-83(95)41-23-59-15-33-65(34-16-59)101-53(5)89)75(45-69(67)71)105-81(93)39-21-57-11-29-63(30-12-57)99-51(3)87/h7-48H,1-6H3. The Kier molecular flexibility index (Phi) is 24.7. The van der Waals surface area contributed by atoms with Gasteiger partial charge in [-0.05, 0) is 211 Å². The topological polar surface area (TPSA) is 316 Å². The second-order valence-corrected chi connectivity index (χ2v) is 23.0. The molecule has 10 rings (SSSR count). The van der Waals surface area contributed by atoms with E-state index >= 15 is 0 Å². The Morgan fingerprint density at radius 3 is 0.417 bits per heavy atom. The average Bonchev–Trinajstić information content (AvgIpc) is 0.723. The molecule has 540 valence electrons. The number of carbonyl (C=O) groups is 12. The first-order chi connectivity index (χ1) is 51.8. The summed E-state index contributed by atoms with van der Waals surface area (Å²) in [4.78, 5) is 155. The molecule has 0 unspecified atom stereocenters. The molecule has 10 aromatic rings. The molecule has 0 N–H and O–H groups in total. The minimum Gasteiger partial charge on any atom is -0.427 e. The first-order valence-corrected chi connectivity index (χ1v) is 32.5. The summed E-state index contributed by atoms with van der Waals surface area (Å²) in [6, 6.07) is 44.6. The van der Waals surface area contributed by atoms with Crippen molar-refractivity contribution < 1.29 is 114 Å². The molecule has 0 saturated carbocycles. The van der Waals surface area contributed by atoms with E-state index in [0.29, 0.717) is 33.4 Å². The van der Waals surface area contributed by atoms with Crippen molar-refractivity contribution in [2.24, 2.45) is 0 Å². The van der Waals surface area contributed by atoms with Crippen LogP contribution < -0.4 is 56.8 Å². The maximum absolute atomic E-state index is 14.2. The van der Waals surface area contributed by atoms with Crippen LogP contribution in [0.15, 0.2) is 218 Å². The zero-order valence-electron chi connectivity index (χ0n) is 58.0. The van der Waals surface area contributed by atoms with E-state index in [4.69, 9.17) is 56.8 Å². The van der Waals surface area contributed by atoms with Gasteiger partial charge in [0.1, 0.15) is 34.5 Å². The third-order valence-corrected chi connectivity index (χ3v) is 14.7. The quantitative estimate of drug-likeness (QED) is 0.0235. The van der Waals surface area contributed by atoms with Gasteiger partial charge in [-0.1, -0.05) is 72.8 Å². The Hall–Kier alpha value is -14.9. The van der Waals surface area contributed by atoms with Crippen molar-refractivity contribution in [2.75, 3.05) is 0 Å². The number of ether oxygens (including phenoxy) is 12. The van der Waals surface area contributed by atoms with Crippen molar-refractivity contribution in [3.63, 3.8) is 0 Å². The van der Waals surface area contributed by atoms with Gasteiger partial charge in [0.15, 0.2) is 34.5 Å². The molecule has 0 aliphatic heterocycles. The van der Waals surface area contributed by atoms with E-state index in [1.54, 1.807) is 72.8 Å². The molecule has 0 fully saturated rings. The average molecular weight is 1450 g/mol. The minimum atomic E-state index is -1.02. The van der Waals surface area contributed by atoms with E-state index in [9.17, 15) is 57.5 Å². The Bertz CT molecular complexity index is 4510. The van der Waals surface area contributed by atoms with E-state index in [2.05, 4.69) is 0 Å². The zero-order valence-corrected chi connectivity index (χ0v) is 58.0. The van der Waals surface area contributed by atoms with Crippen molar-refractivity contribution >= 4 is 140 Å². The number of hydrogen-bond acceptors (Lipinski definition) is 24. The Morgan fingerprint density at radius 2 is 0.306 bits per heavy atom. The van der Waals surface area contributed by atoms with Gasteiger partial charge in [-0.2, -0.15) is 0 Å². The first-order valence-electron chi connectivity index (χ1n) is 32.5. The van der Waals surface area contributed by atoms with E-state index in [-0.39, 0.29) is 66.8 Å². The molecule has 0 bridgehead atoms. The van der Waals surface area contributed by atoms with Crippen molar-refractivity contribution in [1.82, 2.24) is 0 Å². The van der Waals surface area contributed by atoms with Gasteiger partial charge in [0.25, 0.3) is 0 Å². The SMILES string of the molecule is CC(=O)Oc1ccc(C=CC(=O)Oc2cc3c4cc(OC(=O)C=Cc5ccc(OC(C)=O)cc5)c(OC(=O)C=Cc5ccc(OC(C)=O)cc5)cc4c4cc(OC(=O)C=Cc5ccc(OC(C)=O)cc5)c(OC(=O)C=Cc5ccc(OC(C)=O)cc5)cc4c3cc2OC(=O)C=Cc2ccc(OC(C)=O)cc2)cc1. The monoisotopic (exact) mass is 1450 g/mol. The van der Waals surface area contributed by atoms with Crippen LogP contribution in [0.1, 0.15) is 74.9 Å². The summed E-state index contributed by atoms with van der Waals surface area (Å²) in [6.07, 6.45) is 14.7. The maximum Gasteiger partial charge on any atom is 0.336 e. The fraction of sp³-hybridized carbons (Fsp3) is 0.0714. The highest BCUT2D eigenvalue weighted by atomic mass is 16.6. The highest BCUT2D eigenvalue weighted by molar-refractivity contribution is 6.27. The van der Waals surface area contributed by atoms with Crippen molar-refractivity contribution in [2.45, 2.75) is 41.5 Å². The third kappa shape index (κ3) is 22.0. The van der Waals surface area contributed by atoms with Crippen LogP contribution in [0.5, 0.6) is 69.0 Å². The molecular weight excluding hydrogens is 1390 g/mol. The summed E-state index contributed by atoms with van der Waals surface area (Å²) in [7, 11) is 0. The lowest BCUT2D eigenvalue weighted by Gasteiger charge is -2.18. The molecule has 0 heterocycles. The maximum atomic E-state index is 14.2. The van der Waals surface area contributed by atoms with Gasteiger partial charge >= 0.3 is 71.6 Å². The Morgan fingerprint density at radius 1 is 0.185 bits per heavy atom. The van der Waals surface area contributed by atoms with E-state index in [1.807, 2.05) is 0 Å². The largest absolute Gasteiger partial charge is 0.427 e. The number of fused-ring (bicyclic) bond motifs is 6. The van der Waals surface area contributed by atoms with Crippen LogP contribution in [0.25, 0.3) is 68.8 Å². The lowest BCUT2D eigenvalue weighted by atomic mass is 9.93. The van der Waals surface area contributed by atoms with Crippen LogP contribution in [0.4, 0.5) is 0 Å². The van der Waals surface area contributed by atoms with Crippen LogP contribution >= 0.6 is 0 Å². The van der Waals surface area contributed by atoms with Crippen molar-refractivity contribution in [3.05, 3.63) is 252 Å². The fourth-order valence-corrected chi connectivity index (χ4v) is 10.2. The van der Waals surface area contributed by atoms with Gasteiger partial charge in [-0.25, -0.2) is 28.8 Å². The molecule has 0 radical (unpaired) electrons. The first kappa shape index (κ1) is 75.7. The molecule has 0 aliphatic rings. The molecule has 0 aliphatic carbocycles. The predicted octanol–water partition coefficient (Wildman–Crippen LogP) is 14.4. The number of carbonyl (C=O) groups excluding carboxylic acids is 12. The van der Waals surface area contributed by atoms with Crippen molar-refractivity contribution in [1.29, 1.82) is 0 Å². The Labute approximate surface area is 614 Å². The van der Waals surface area contributed by atoms with Gasteiger partial charge in [0, 0.05) is 78.0 Å². The summed E-state index contributed by atoms with van der Waals surface area (Å²) < 4.78 is 67.2. The van der Waals surface area contributed by atoms with E-state index < -0.39 is 106 Å². The summed E-state index contributed by atoms with van der Waals surface area (Å²) >= 11 is 0. The Balaban J connectivity index is 1.18. The summed E-state index contributed by atoms with van der Waals surface area (Å²) in [6.45, 7) is 7.41. The zero-order chi connectivity index (χ0) is 77.0. The minimum absolute atomic E-state index is 0.117. The van der Waals surface area contributed by atoms with Gasteiger partial charge in [0.05, 0.1) is 0 Å². The second kappa shape index (κ2) is 35.3. The van der Waals surface area contributed by atoms with Crippen molar-refractivity contribution in [3.8, 4) is 69.0 Å². The molecule has 0 atom stereocenters. The van der Waals surface area contributed by atoms with Gasteiger partial charge in [-0.3, -0.25) is 28.8 Å². The molecular formula is C84H60O24. The van der Waals surface area contributed by atoms with Gasteiger partial charge < -0.3 is 56.8 Å². The molecule has 24 nitrogen and oxygen atoms in total. The van der Waals surface area contributed by atoms with Crippen LogP contribution in [-0.4, -0.2) is 71.6 Å². The van der Waals surface area contributed by atoms with Crippen LogP contribution in [-0.2, 0) is 57.5 Å². The van der Waals surface area contributed by atoms with E-state index in [0.717, 1.165) is 36.5 Å². The number of hydrogen-bond donors (Lipinski definition) is 0. The van der Waals surface area contributed by atoms with Gasteiger partial charge in [-0.15, -0.1) is 0 Å².